The molecule has 2 aromatic rings. The molecule has 1 N–H and O–H groups in total. The fourth-order valence-electron chi connectivity index (χ4n) is 2.57. The highest BCUT2D eigenvalue weighted by Gasteiger charge is 2.17. The van der Waals surface area contributed by atoms with E-state index in [0.717, 1.165) is 0 Å². The molecule has 0 spiro atoms. The molecule has 2 rings (SSSR count). The van der Waals surface area contributed by atoms with E-state index in [1.54, 1.807) is 49.4 Å². The molecule has 0 aliphatic carbocycles. The summed E-state index contributed by atoms with van der Waals surface area (Å²) in [6, 6.07) is 11.4. The Kier molecular flexibility index (Phi) is 7.78. The lowest BCUT2D eigenvalue weighted by atomic mass is 10.2. The summed E-state index contributed by atoms with van der Waals surface area (Å²) in [4.78, 5) is 27.5. The molecule has 0 saturated carbocycles. The van der Waals surface area contributed by atoms with Crippen LogP contribution in [0.25, 0.3) is 0 Å². The second-order valence-electron chi connectivity index (χ2n) is 6.40. The normalized spacial score (nSPS) is 10.6. The van der Waals surface area contributed by atoms with Crippen LogP contribution in [-0.2, 0) is 16.1 Å². The smallest absolute Gasteiger partial charge is 0.243 e. The Balaban J connectivity index is 1.86. The number of nitrogens with one attached hydrogen (secondary N) is 1. The molecule has 8 heteroatoms. The number of carbonyl (C=O) groups is 2. The van der Waals surface area contributed by atoms with Gasteiger partial charge in [-0.2, -0.15) is 0 Å². The monoisotopic (exact) mass is 407 g/mol. The van der Waals surface area contributed by atoms with E-state index in [1.165, 1.54) is 24.1 Å². The van der Waals surface area contributed by atoms with Crippen LogP contribution in [0.4, 0.5) is 10.1 Å². The van der Waals surface area contributed by atoms with E-state index in [2.05, 4.69) is 5.32 Å². The Morgan fingerprint density at radius 1 is 1.14 bits per heavy atom. The van der Waals surface area contributed by atoms with Crippen molar-refractivity contribution in [3.05, 3.63) is 58.9 Å². The first-order valence-electron chi connectivity index (χ1n) is 8.59. The minimum Gasteiger partial charge on any atom is -0.497 e. The second-order valence-corrected chi connectivity index (χ2v) is 6.81. The molecule has 0 heterocycles. The number of nitrogens with zero attached hydrogens (tertiary/aromatic N) is 2. The summed E-state index contributed by atoms with van der Waals surface area (Å²) in [7, 11) is 4.76. The summed E-state index contributed by atoms with van der Waals surface area (Å²) in [5.74, 6) is -0.395. The molecule has 0 fully saturated rings. The molecule has 28 heavy (non-hydrogen) atoms. The van der Waals surface area contributed by atoms with Gasteiger partial charge in [-0.25, -0.2) is 4.39 Å². The highest BCUT2D eigenvalue weighted by Crippen LogP contribution is 2.20. The predicted molar refractivity (Wildman–Crippen MR) is 107 cm³/mol. The van der Waals surface area contributed by atoms with Gasteiger partial charge in [0, 0.05) is 35.9 Å². The quantitative estimate of drug-likeness (QED) is 0.730. The number of benzene rings is 2. The zero-order valence-electron chi connectivity index (χ0n) is 16.0. The maximum Gasteiger partial charge on any atom is 0.243 e. The number of methoxy groups -OCH3 is 1. The lowest BCUT2D eigenvalue weighted by molar-refractivity contribution is -0.134. The van der Waals surface area contributed by atoms with Crippen molar-refractivity contribution in [2.45, 2.75) is 6.54 Å². The van der Waals surface area contributed by atoms with Crippen LogP contribution in [0.5, 0.6) is 5.75 Å². The zero-order valence-corrected chi connectivity index (χ0v) is 16.8. The van der Waals surface area contributed by atoms with E-state index in [0.29, 0.717) is 22.0 Å². The summed E-state index contributed by atoms with van der Waals surface area (Å²) in [5.41, 5.74) is 0.911. The number of hydrogen-bond donors (Lipinski definition) is 1. The maximum absolute atomic E-state index is 13.9. The van der Waals surface area contributed by atoms with Crippen molar-refractivity contribution in [2.24, 2.45) is 0 Å². The van der Waals surface area contributed by atoms with Gasteiger partial charge >= 0.3 is 0 Å². The Hall–Kier alpha value is -2.64. The van der Waals surface area contributed by atoms with Gasteiger partial charge in [0.15, 0.2) is 0 Å². The first-order valence-corrected chi connectivity index (χ1v) is 8.97. The standard InChI is InChI=1S/C20H23ClFN3O3/c1-24(11-16-17(21)8-5-9-18(16)22)13-20(27)25(2)12-19(26)23-14-6-4-7-15(10-14)28-3/h4-10H,11-13H2,1-3H3,(H,23,26). The minimum absolute atomic E-state index is 0.0214. The third kappa shape index (κ3) is 6.21. The van der Waals surface area contributed by atoms with Crippen molar-refractivity contribution in [1.82, 2.24) is 9.80 Å². The third-order valence-electron chi connectivity index (χ3n) is 4.05. The second kappa shape index (κ2) is 10.1. The number of anilines is 1. The molecular formula is C20H23ClFN3O3. The van der Waals surface area contributed by atoms with Crippen LogP contribution in [0.2, 0.25) is 5.02 Å². The summed E-state index contributed by atoms with van der Waals surface area (Å²) in [5, 5.41) is 3.03. The largest absolute Gasteiger partial charge is 0.497 e. The van der Waals surface area contributed by atoms with Crippen molar-refractivity contribution >= 4 is 29.1 Å². The number of halogens is 2. The van der Waals surface area contributed by atoms with Crippen LogP contribution in [0, 0.1) is 5.82 Å². The molecular weight excluding hydrogens is 385 g/mol. The van der Waals surface area contributed by atoms with Crippen LogP contribution in [0.3, 0.4) is 0 Å². The van der Waals surface area contributed by atoms with Gasteiger partial charge in [-0.15, -0.1) is 0 Å². The van der Waals surface area contributed by atoms with Gasteiger partial charge in [0.05, 0.1) is 20.2 Å². The number of rotatable bonds is 8. The predicted octanol–water partition coefficient (Wildman–Crippen LogP) is 3.02. The summed E-state index contributed by atoms with van der Waals surface area (Å²) >= 11 is 6.02. The highest BCUT2D eigenvalue weighted by molar-refractivity contribution is 6.31. The molecule has 2 amide bonds. The number of hydrogen-bond acceptors (Lipinski definition) is 4. The molecule has 0 radical (unpaired) electrons. The van der Waals surface area contributed by atoms with Crippen LogP contribution in [-0.4, -0.2) is 55.9 Å². The van der Waals surface area contributed by atoms with Gasteiger partial charge in [0.2, 0.25) is 11.8 Å². The van der Waals surface area contributed by atoms with Gasteiger partial charge in [0.1, 0.15) is 11.6 Å². The lowest BCUT2D eigenvalue weighted by Gasteiger charge is -2.22. The Bertz CT molecular complexity index is 827. The van der Waals surface area contributed by atoms with Crippen molar-refractivity contribution in [3.63, 3.8) is 0 Å². The SMILES string of the molecule is COc1cccc(NC(=O)CN(C)C(=O)CN(C)Cc2c(F)cccc2Cl)c1. The third-order valence-corrected chi connectivity index (χ3v) is 4.41. The van der Waals surface area contributed by atoms with Crippen molar-refractivity contribution in [3.8, 4) is 5.75 Å². The van der Waals surface area contributed by atoms with Crippen molar-refractivity contribution in [2.75, 3.05) is 39.6 Å². The van der Waals surface area contributed by atoms with E-state index in [9.17, 15) is 14.0 Å². The van der Waals surface area contributed by atoms with Gasteiger partial charge in [0.25, 0.3) is 0 Å². The Morgan fingerprint density at radius 3 is 2.54 bits per heavy atom. The average Bonchev–Trinajstić information content (AvgIpc) is 2.64. The van der Waals surface area contributed by atoms with Gasteiger partial charge in [-0.05, 0) is 31.3 Å². The lowest BCUT2D eigenvalue weighted by Crippen LogP contribution is -2.40. The van der Waals surface area contributed by atoms with Gasteiger partial charge < -0.3 is 15.0 Å². The van der Waals surface area contributed by atoms with E-state index >= 15 is 0 Å². The summed E-state index contributed by atoms with van der Waals surface area (Å²) in [6.45, 7) is 0.0963. The molecule has 150 valence electrons. The molecule has 0 bridgehead atoms. The highest BCUT2D eigenvalue weighted by atomic mass is 35.5. The minimum atomic E-state index is -0.419. The molecule has 0 aliphatic rings. The van der Waals surface area contributed by atoms with E-state index in [1.807, 2.05) is 0 Å². The van der Waals surface area contributed by atoms with Crippen molar-refractivity contribution in [1.29, 1.82) is 0 Å². The molecule has 0 aliphatic heterocycles. The van der Waals surface area contributed by atoms with E-state index < -0.39 is 5.82 Å². The Morgan fingerprint density at radius 2 is 1.86 bits per heavy atom. The van der Waals surface area contributed by atoms with Gasteiger partial charge in [-0.3, -0.25) is 14.5 Å². The number of ether oxygens (including phenoxy) is 1. The first kappa shape index (κ1) is 21.7. The molecule has 2 aromatic carbocycles. The van der Waals surface area contributed by atoms with E-state index in [4.69, 9.17) is 16.3 Å². The van der Waals surface area contributed by atoms with Crippen LogP contribution < -0.4 is 10.1 Å². The number of amides is 2. The van der Waals surface area contributed by atoms with Crippen molar-refractivity contribution < 1.29 is 18.7 Å². The molecule has 0 atom stereocenters. The average molecular weight is 408 g/mol. The Labute approximate surface area is 168 Å². The molecule has 6 nitrogen and oxygen atoms in total. The summed E-state index contributed by atoms with van der Waals surface area (Å²) in [6.07, 6.45) is 0. The first-order chi connectivity index (χ1) is 13.3. The molecule has 0 aromatic heterocycles. The summed E-state index contributed by atoms with van der Waals surface area (Å²) < 4.78 is 19.0. The molecule has 0 unspecified atom stereocenters. The van der Waals surface area contributed by atoms with E-state index in [-0.39, 0.29) is 31.4 Å². The number of likely N-dealkylation sites (N-methyl/N-ethyl adjacent to an activating group) is 2. The van der Waals surface area contributed by atoms with Crippen LogP contribution in [0.1, 0.15) is 5.56 Å². The topological polar surface area (TPSA) is 61.9 Å². The fourth-order valence-corrected chi connectivity index (χ4v) is 2.79. The fraction of sp³-hybridized carbons (Fsp3) is 0.300. The number of carbonyl (C=O) groups excluding carboxylic acids is 2. The maximum atomic E-state index is 13.9. The van der Waals surface area contributed by atoms with Crippen LogP contribution in [0.15, 0.2) is 42.5 Å². The molecule has 0 saturated heterocycles. The van der Waals surface area contributed by atoms with Crippen LogP contribution >= 0.6 is 11.6 Å². The van der Waals surface area contributed by atoms with Gasteiger partial charge in [-0.1, -0.05) is 23.7 Å². The zero-order chi connectivity index (χ0) is 20.7.